The monoisotopic (exact) mass is 242 g/mol. The quantitative estimate of drug-likeness (QED) is 0.471. The van der Waals surface area contributed by atoms with E-state index in [0.29, 0.717) is 5.56 Å². The summed E-state index contributed by atoms with van der Waals surface area (Å²) in [5.74, 6) is 7.26. The zero-order valence-electron chi connectivity index (χ0n) is 6.72. The molecule has 0 radical (unpaired) electrons. The van der Waals surface area contributed by atoms with Gasteiger partial charge in [0.05, 0.1) is 0 Å². The Morgan fingerprint density at radius 3 is 2.85 bits per heavy atom. The molecule has 1 atom stereocenters. The predicted octanol–water partition coefficient (Wildman–Crippen LogP) is 1.73. The molecule has 0 heterocycles. The summed E-state index contributed by atoms with van der Waals surface area (Å²) in [7, 11) is 0. The van der Waals surface area contributed by atoms with Crippen molar-refractivity contribution >= 4 is 15.9 Å². The maximum atomic E-state index is 12.8. The lowest BCUT2D eigenvalue weighted by Gasteiger charge is -2.11. The minimum atomic E-state index is -0.481. The van der Waals surface area contributed by atoms with E-state index in [9.17, 15) is 4.39 Å². The van der Waals surface area contributed by atoms with E-state index in [1.54, 1.807) is 6.07 Å². The first kappa shape index (κ1) is 10.2. The standard InChI is InChI=1S/C9H8BrFN2/c1-2-9(13-12)7-5-6(11)3-4-8(7)10/h1,3-5,9,13H,12H2. The van der Waals surface area contributed by atoms with Gasteiger partial charge in [-0.1, -0.05) is 21.9 Å². The van der Waals surface area contributed by atoms with Gasteiger partial charge in [0.1, 0.15) is 11.9 Å². The maximum Gasteiger partial charge on any atom is 0.123 e. The number of hydrogen-bond acceptors (Lipinski definition) is 2. The van der Waals surface area contributed by atoms with Crippen LogP contribution in [-0.4, -0.2) is 0 Å². The molecule has 68 valence electrons. The van der Waals surface area contributed by atoms with Crippen molar-refractivity contribution in [2.75, 3.05) is 0 Å². The summed E-state index contributed by atoms with van der Waals surface area (Å²) >= 11 is 3.25. The number of terminal acetylenes is 1. The molecule has 4 heteroatoms. The molecule has 0 aliphatic carbocycles. The van der Waals surface area contributed by atoms with Crippen LogP contribution >= 0.6 is 15.9 Å². The lowest BCUT2D eigenvalue weighted by molar-refractivity contribution is 0.614. The number of halogens is 2. The molecule has 1 rings (SSSR count). The molecule has 3 N–H and O–H groups in total. The number of hydrazine groups is 1. The molecular formula is C9H8BrFN2. The van der Waals surface area contributed by atoms with Crippen molar-refractivity contribution in [3.8, 4) is 12.3 Å². The topological polar surface area (TPSA) is 38.0 Å². The first-order valence-corrected chi connectivity index (χ1v) is 4.35. The van der Waals surface area contributed by atoms with E-state index < -0.39 is 6.04 Å². The van der Waals surface area contributed by atoms with Crippen LogP contribution in [0.25, 0.3) is 0 Å². The Labute approximate surface area is 84.4 Å². The van der Waals surface area contributed by atoms with Crippen molar-refractivity contribution < 1.29 is 4.39 Å². The Bertz CT molecular complexity index is 346. The van der Waals surface area contributed by atoms with Crippen molar-refractivity contribution in [3.05, 3.63) is 34.1 Å². The Morgan fingerprint density at radius 1 is 1.62 bits per heavy atom. The van der Waals surface area contributed by atoms with Crippen LogP contribution in [0.15, 0.2) is 22.7 Å². The highest BCUT2D eigenvalue weighted by Crippen LogP contribution is 2.23. The van der Waals surface area contributed by atoms with Gasteiger partial charge in [0.15, 0.2) is 0 Å². The van der Waals surface area contributed by atoms with E-state index in [-0.39, 0.29) is 5.82 Å². The van der Waals surface area contributed by atoms with Crippen LogP contribution in [0.2, 0.25) is 0 Å². The van der Waals surface area contributed by atoms with Gasteiger partial charge in [-0.25, -0.2) is 9.82 Å². The molecule has 13 heavy (non-hydrogen) atoms. The number of rotatable bonds is 2. The van der Waals surface area contributed by atoms with Crippen LogP contribution in [0.5, 0.6) is 0 Å². The third kappa shape index (κ3) is 2.28. The van der Waals surface area contributed by atoms with Crippen molar-refractivity contribution in [1.29, 1.82) is 0 Å². The van der Waals surface area contributed by atoms with Crippen LogP contribution < -0.4 is 11.3 Å². The zero-order chi connectivity index (χ0) is 9.84. The minimum absolute atomic E-state index is 0.339. The number of nitrogens with one attached hydrogen (secondary N) is 1. The van der Waals surface area contributed by atoms with Crippen molar-refractivity contribution in [2.45, 2.75) is 6.04 Å². The molecule has 0 amide bonds. The fourth-order valence-corrected chi connectivity index (χ4v) is 1.44. The summed E-state index contributed by atoms with van der Waals surface area (Å²) in [6, 6.07) is 3.79. The van der Waals surface area contributed by atoms with Gasteiger partial charge < -0.3 is 0 Å². The molecular weight excluding hydrogens is 235 g/mol. The van der Waals surface area contributed by atoms with E-state index in [0.717, 1.165) is 4.47 Å². The van der Waals surface area contributed by atoms with Gasteiger partial charge in [-0.3, -0.25) is 5.84 Å². The van der Waals surface area contributed by atoms with Crippen molar-refractivity contribution in [2.24, 2.45) is 5.84 Å². The van der Waals surface area contributed by atoms with Crippen LogP contribution in [0.3, 0.4) is 0 Å². The SMILES string of the molecule is C#CC(NN)c1cc(F)ccc1Br. The van der Waals surface area contributed by atoms with E-state index in [1.807, 2.05) is 0 Å². The van der Waals surface area contributed by atoms with E-state index in [4.69, 9.17) is 12.3 Å². The first-order chi connectivity index (χ1) is 6.19. The Morgan fingerprint density at radius 2 is 2.31 bits per heavy atom. The Balaban J connectivity index is 3.13. The predicted molar refractivity (Wildman–Crippen MR) is 53.0 cm³/mol. The number of benzene rings is 1. The van der Waals surface area contributed by atoms with Gasteiger partial charge >= 0.3 is 0 Å². The molecule has 1 aromatic carbocycles. The molecule has 2 nitrogen and oxygen atoms in total. The third-order valence-electron chi connectivity index (χ3n) is 1.60. The fourth-order valence-electron chi connectivity index (χ4n) is 0.964. The Kier molecular flexibility index (Phi) is 3.43. The molecule has 1 aromatic rings. The minimum Gasteiger partial charge on any atom is -0.270 e. The molecule has 0 saturated heterocycles. The van der Waals surface area contributed by atoms with E-state index >= 15 is 0 Å². The van der Waals surface area contributed by atoms with Crippen LogP contribution in [0.1, 0.15) is 11.6 Å². The molecule has 0 aliphatic heterocycles. The van der Waals surface area contributed by atoms with E-state index in [1.165, 1.54) is 12.1 Å². The summed E-state index contributed by atoms with van der Waals surface area (Å²) in [6.45, 7) is 0. The summed E-state index contributed by atoms with van der Waals surface area (Å²) in [6.07, 6.45) is 5.20. The maximum absolute atomic E-state index is 12.8. The van der Waals surface area contributed by atoms with Gasteiger partial charge in [-0.15, -0.1) is 6.42 Å². The van der Waals surface area contributed by atoms with Gasteiger partial charge in [-0.2, -0.15) is 0 Å². The summed E-state index contributed by atoms with van der Waals surface area (Å²) in [5, 5.41) is 0. The molecule has 0 saturated carbocycles. The fraction of sp³-hybridized carbons (Fsp3) is 0.111. The summed E-state index contributed by atoms with van der Waals surface area (Å²) in [4.78, 5) is 0. The third-order valence-corrected chi connectivity index (χ3v) is 2.32. The molecule has 0 bridgehead atoms. The zero-order valence-corrected chi connectivity index (χ0v) is 8.31. The molecule has 0 aliphatic rings. The molecule has 1 unspecified atom stereocenters. The van der Waals surface area contributed by atoms with E-state index in [2.05, 4.69) is 27.3 Å². The second-order valence-electron chi connectivity index (χ2n) is 2.43. The lowest BCUT2D eigenvalue weighted by atomic mass is 10.1. The van der Waals surface area contributed by atoms with Gasteiger partial charge in [-0.05, 0) is 23.8 Å². The number of hydrogen-bond donors (Lipinski definition) is 2. The highest BCUT2D eigenvalue weighted by Gasteiger charge is 2.10. The second-order valence-corrected chi connectivity index (χ2v) is 3.29. The number of nitrogens with two attached hydrogens (primary N) is 1. The van der Waals surface area contributed by atoms with Crippen LogP contribution in [0.4, 0.5) is 4.39 Å². The van der Waals surface area contributed by atoms with Gasteiger partial charge in [0, 0.05) is 4.47 Å². The molecule has 0 aromatic heterocycles. The lowest BCUT2D eigenvalue weighted by Crippen LogP contribution is -2.27. The highest BCUT2D eigenvalue weighted by molar-refractivity contribution is 9.10. The average molecular weight is 243 g/mol. The Hall–Kier alpha value is -0.890. The molecule has 0 spiro atoms. The van der Waals surface area contributed by atoms with Crippen LogP contribution in [0, 0.1) is 18.2 Å². The highest BCUT2D eigenvalue weighted by atomic mass is 79.9. The van der Waals surface area contributed by atoms with Gasteiger partial charge in [0.2, 0.25) is 0 Å². The van der Waals surface area contributed by atoms with Gasteiger partial charge in [0.25, 0.3) is 0 Å². The normalized spacial score (nSPS) is 12.2. The smallest absolute Gasteiger partial charge is 0.123 e. The van der Waals surface area contributed by atoms with Crippen molar-refractivity contribution in [1.82, 2.24) is 5.43 Å². The first-order valence-electron chi connectivity index (χ1n) is 3.56. The average Bonchev–Trinajstić information content (AvgIpc) is 2.13. The summed E-state index contributed by atoms with van der Waals surface area (Å²) < 4.78 is 13.6. The second kappa shape index (κ2) is 4.38. The summed E-state index contributed by atoms with van der Waals surface area (Å²) in [5.41, 5.74) is 3.02. The van der Waals surface area contributed by atoms with Crippen molar-refractivity contribution in [3.63, 3.8) is 0 Å². The van der Waals surface area contributed by atoms with Crippen LogP contribution in [-0.2, 0) is 0 Å². The molecule has 0 fully saturated rings. The largest absolute Gasteiger partial charge is 0.270 e.